The first-order valence-electron chi connectivity index (χ1n) is 19.0. The monoisotopic (exact) mass is 768 g/mol. The maximum absolute atomic E-state index is 14.3. The van der Waals surface area contributed by atoms with Crippen LogP contribution in [0.3, 0.4) is 0 Å². The number of amides is 1. The van der Waals surface area contributed by atoms with Crippen molar-refractivity contribution in [3.05, 3.63) is 63.8 Å². The van der Waals surface area contributed by atoms with Gasteiger partial charge in [-0.25, -0.2) is 18.4 Å². The van der Waals surface area contributed by atoms with Crippen LogP contribution in [0, 0.1) is 6.92 Å². The van der Waals surface area contributed by atoms with Crippen molar-refractivity contribution in [3.63, 3.8) is 0 Å². The van der Waals surface area contributed by atoms with Gasteiger partial charge < -0.3 is 19.9 Å². The normalized spacial score (nSPS) is 21.5. The Morgan fingerprint density at radius 2 is 1.58 bits per heavy atom. The van der Waals surface area contributed by atoms with Crippen LogP contribution in [0.1, 0.15) is 88.3 Å². The second kappa shape index (κ2) is 16.5. The van der Waals surface area contributed by atoms with E-state index >= 15 is 0 Å². The molecular weight excluding hydrogens is 719 g/mol. The zero-order valence-corrected chi connectivity index (χ0v) is 32.4. The number of ether oxygens (including phenoxy) is 1. The number of aryl methyl sites for hydroxylation is 1. The largest absolute Gasteiger partial charge is 0.487 e. The number of pyridine rings is 1. The highest BCUT2D eigenvalue weighted by molar-refractivity contribution is 7.89. The predicted molar refractivity (Wildman–Crippen MR) is 207 cm³/mol. The molecule has 4 aliphatic rings. The second-order valence-corrected chi connectivity index (χ2v) is 17.4. The average Bonchev–Trinajstić information content (AvgIpc) is 3.67. The Morgan fingerprint density at radius 3 is 2.33 bits per heavy atom. The molecule has 7 rings (SSSR count). The van der Waals surface area contributed by atoms with Crippen LogP contribution < -0.4 is 10.1 Å². The van der Waals surface area contributed by atoms with E-state index in [1.54, 1.807) is 0 Å². The highest BCUT2D eigenvalue weighted by atomic mass is 35.5. The minimum atomic E-state index is -4.13. The van der Waals surface area contributed by atoms with Gasteiger partial charge in [-0.1, -0.05) is 79.9 Å². The Morgan fingerprint density at radius 1 is 0.865 bits per heavy atom. The summed E-state index contributed by atoms with van der Waals surface area (Å²) in [4.78, 5) is 28.0. The first kappa shape index (κ1) is 37.2. The number of rotatable bonds is 8. The number of hydrogen-bond donors (Lipinski definition) is 1. The van der Waals surface area contributed by atoms with E-state index in [-0.39, 0.29) is 29.0 Å². The number of halogens is 2. The molecule has 2 aliphatic carbocycles. The number of aliphatic imine (C=N–C) groups is 1. The van der Waals surface area contributed by atoms with Crippen LogP contribution in [0.25, 0.3) is 10.9 Å². The van der Waals surface area contributed by atoms with Gasteiger partial charge in [-0.3, -0.25) is 4.79 Å². The molecule has 52 heavy (non-hydrogen) atoms. The first-order valence-corrected chi connectivity index (χ1v) is 21.2. The van der Waals surface area contributed by atoms with Crippen molar-refractivity contribution in [2.75, 3.05) is 32.7 Å². The van der Waals surface area contributed by atoms with E-state index in [2.05, 4.69) is 15.2 Å². The van der Waals surface area contributed by atoms with Crippen molar-refractivity contribution < 1.29 is 17.9 Å². The van der Waals surface area contributed by atoms with Crippen molar-refractivity contribution in [3.8, 4) is 5.75 Å². The van der Waals surface area contributed by atoms with E-state index in [0.29, 0.717) is 73.0 Å². The summed E-state index contributed by atoms with van der Waals surface area (Å²) in [5, 5.41) is 5.03. The Labute approximate surface area is 317 Å². The van der Waals surface area contributed by atoms with Gasteiger partial charge >= 0.3 is 0 Å². The smallest absolute Gasteiger partial charge is 0.245 e. The lowest BCUT2D eigenvalue weighted by Crippen LogP contribution is -2.58. The maximum atomic E-state index is 14.3. The lowest BCUT2D eigenvalue weighted by molar-refractivity contribution is -0.135. The number of para-hydroxylation sites is 1. The van der Waals surface area contributed by atoms with Crippen LogP contribution >= 0.6 is 23.2 Å². The number of benzene rings is 2. The van der Waals surface area contributed by atoms with Crippen LogP contribution in [-0.2, 0) is 21.4 Å². The topological polar surface area (TPSA) is 107 Å². The van der Waals surface area contributed by atoms with E-state index in [0.717, 1.165) is 29.9 Å². The van der Waals surface area contributed by atoms with E-state index in [1.165, 1.54) is 67.8 Å². The van der Waals surface area contributed by atoms with E-state index in [4.69, 9.17) is 32.9 Å². The van der Waals surface area contributed by atoms with Crippen molar-refractivity contribution in [1.29, 1.82) is 0 Å². The van der Waals surface area contributed by atoms with Crippen molar-refractivity contribution in [2.24, 2.45) is 4.99 Å². The van der Waals surface area contributed by atoms with E-state index < -0.39 is 16.1 Å². The van der Waals surface area contributed by atoms with Crippen molar-refractivity contribution >= 4 is 56.0 Å². The van der Waals surface area contributed by atoms with Crippen LogP contribution in [0.15, 0.2) is 52.4 Å². The quantitative estimate of drug-likeness (QED) is 0.189. The van der Waals surface area contributed by atoms with Crippen molar-refractivity contribution in [1.82, 2.24) is 24.4 Å². The number of sulfonamides is 1. The molecule has 2 saturated carbocycles. The summed E-state index contributed by atoms with van der Waals surface area (Å²) in [5.74, 6) is 1.38. The molecule has 1 atom stereocenters. The number of hydrogen-bond acceptors (Lipinski definition) is 6. The summed E-state index contributed by atoms with van der Waals surface area (Å²) in [6.45, 7) is 4.46. The predicted octanol–water partition coefficient (Wildman–Crippen LogP) is 7.34. The number of fused-ring (bicyclic) bond motifs is 1. The molecular formula is C39H50Cl2N6O4S. The van der Waals surface area contributed by atoms with Crippen molar-refractivity contribution in [2.45, 2.75) is 114 Å². The molecule has 0 unspecified atom stereocenters. The molecule has 1 N–H and O–H groups in total. The molecule has 2 aliphatic heterocycles. The summed E-state index contributed by atoms with van der Waals surface area (Å²) < 4.78 is 36.0. The highest BCUT2D eigenvalue weighted by Gasteiger charge is 2.43. The zero-order valence-electron chi connectivity index (χ0n) is 30.0. The van der Waals surface area contributed by atoms with Gasteiger partial charge in [0.15, 0.2) is 5.96 Å². The van der Waals surface area contributed by atoms with Gasteiger partial charge in [-0.2, -0.15) is 4.31 Å². The number of nitrogens with one attached hydrogen (secondary N) is 1. The molecule has 0 radical (unpaired) electrons. The van der Waals surface area contributed by atoms with Gasteiger partial charge in [0.25, 0.3) is 0 Å². The summed E-state index contributed by atoms with van der Waals surface area (Å²) in [5.41, 5.74) is 1.91. The molecule has 0 spiro atoms. The molecule has 2 aromatic carbocycles. The fourth-order valence-corrected chi connectivity index (χ4v) is 10.7. The Balaban J connectivity index is 1.04. The molecule has 13 heteroatoms. The number of nitrogens with zero attached hydrogens (tertiary/aromatic N) is 5. The number of aromatic nitrogens is 1. The van der Waals surface area contributed by atoms with Crippen LogP contribution in [0.4, 0.5) is 0 Å². The fraction of sp³-hybridized carbons (Fsp3) is 0.564. The molecule has 10 nitrogen and oxygen atoms in total. The minimum Gasteiger partial charge on any atom is -0.487 e. The van der Waals surface area contributed by atoms with E-state index in [1.807, 2.05) is 42.2 Å². The minimum absolute atomic E-state index is 0.00108. The van der Waals surface area contributed by atoms with Crippen LogP contribution in [0.2, 0.25) is 10.0 Å². The number of guanidine groups is 1. The van der Waals surface area contributed by atoms with Gasteiger partial charge in [-0.15, -0.1) is 0 Å². The second-order valence-electron chi connectivity index (χ2n) is 14.7. The average molecular weight is 770 g/mol. The first-order chi connectivity index (χ1) is 25.2. The molecule has 0 bridgehead atoms. The Hall–Kier alpha value is -3.12. The fourth-order valence-electron chi connectivity index (χ4n) is 8.16. The number of carbonyl (C=O) groups excluding carboxylic acids is 1. The Kier molecular flexibility index (Phi) is 11.8. The summed E-state index contributed by atoms with van der Waals surface area (Å²) >= 11 is 13.4. The molecule has 1 aromatic heterocycles. The SMILES string of the molecule is Cc1ccc2cccc(OCc3c(Cl)ccc(S(=O)(=O)N4CCC[C@H]4C(=O)N4CCN(C(=NC5CCCCC5)NC5CCCCC5)CC4)c3Cl)c2n1. The lowest BCUT2D eigenvalue weighted by atomic mass is 9.95. The summed E-state index contributed by atoms with van der Waals surface area (Å²) in [7, 11) is -4.13. The maximum Gasteiger partial charge on any atom is 0.245 e. The third kappa shape index (κ3) is 8.17. The van der Waals surface area contributed by atoms with Gasteiger partial charge in [-0.05, 0) is 69.7 Å². The summed E-state index contributed by atoms with van der Waals surface area (Å²) in [6, 6.07) is 12.5. The Bertz CT molecular complexity index is 1890. The zero-order chi connectivity index (χ0) is 36.2. The lowest BCUT2D eigenvalue weighted by Gasteiger charge is -2.40. The van der Waals surface area contributed by atoms with Gasteiger partial charge in [0.05, 0.1) is 11.1 Å². The van der Waals surface area contributed by atoms with Gasteiger partial charge in [0.2, 0.25) is 15.9 Å². The van der Waals surface area contributed by atoms with Crippen LogP contribution in [-0.4, -0.2) is 90.2 Å². The molecule has 3 aromatic rings. The van der Waals surface area contributed by atoms with E-state index in [9.17, 15) is 13.2 Å². The van der Waals surface area contributed by atoms with Crippen LogP contribution in [0.5, 0.6) is 5.75 Å². The molecule has 2 saturated heterocycles. The standard InChI is InChI=1S/C39H50Cl2N6O4S/c1-27-17-18-28-10-8-16-34(37(28)42-27)51-26-31-32(40)19-20-35(36(31)41)52(49,50)47-21-9-15-33(47)38(48)45-22-24-46(25-23-45)39(43-29-11-4-2-5-12-29)44-30-13-6-3-7-14-30/h8,10,16-20,29-30,33H,2-7,9,11-15,21-26H2,1H3,(H,43,44)/t33-/m0/s1. The molecule has 280 valence electrons. The van der Waals surface area contributed by atoms with Gasteiger partial charge in [0.1, 0.15) is 28.8 Å². The summed E-state index contributed by atoms with van der Waals surface area (Å²) in [6.07, 6.45) is 13.2. The third-order valence-electron chi connectivity index (χ3n) is 11.1. The number of carbonyl (C=O) groups is 1. The molecule has 3 heterocycles. The van der Waals surface area contributed by atoms with Gasteiger partial charge in [0, 0.05) is 60.4 Å². The molecule has 4 fully saturated rings. The third-order valence-corrected chi connectivity index (χ3v) is 14.0. The number of piperazine rings is 1. The highest BCUT2D eigenvalue weighted by Crippen LogP contribution is 2.37. The molecule has 1 amide bonds.